The molecule has 11 nitrogen and oxygen atoms in total. The number of hydrogen-bond acceptors (Lipinski definition) is 8. The van der Waals surface area contributed by atoms with E-state index in [0.717, 1.165) is 29.5 Å². The van der Waals surface area contributed by atoms with Crippen LogP contribution in [-0.4, -0.2) is 43.6 Å². The van der Waals surface area contributed by atoms with Crippen molar-refractivity contribution in [3.8, 4) is 6.07 Å². The second-order valence-electron chi connectivity index (χ2n) is 9.81. The Hall–Kier alpha value is -4.17. The van der Waals surface area contributed by atoms with E-state index in [9.17, 15) is 19.6 Å². The molecule has 3 aromatic rings. The van der Waals surface area contributed by atoms with Crippen LogP contribution in [-0.2, 0) is 20.1 Å². The molecule has 2 aromatic heterocycles. The summed E-state index contributed by atoms with van der Waals surface area (Å²) in [4.78, 5) is 47.0. The third-order valence-electron chi connectivity index (χ3n) is 6.81. The predicted molar refractivity (Wildman–Crippen MR) is 143 cm³/mol. The van der Waals surface area contributed by atoms with E-state index in [0.29, 0.717) is 24.6 Å². The Morgan fingerprint density at radius 1 is 1.27 bits per heavy atom. The van der Waals surface area contributed by atoms with Gasteiger partial charge in [0, 0.05) is 38.3 Å². The Bertz CT molecular complexity index is 1580. The molecule has 37 heavy (non-hydrogen) atoms. The molecule has 0 aliphatic carbocycles. The first-order valence-corrected chi connectivity index (χ1v) is 12.2. The number of benzene rings is 1. The molecule has 0 radical (unpaired) electrons. The normalized spacial score (nSPS) is 15.6. The molecular formula is C26H32N8O3. The van der Waals surface area contributed by atoms with Crippen molar-refractivity contribution >= 4 is 28.6 Å². The van der Waals surface area contributed by atoms with Crippen molar-refractivity contribution in [1.29, 1.82) is 5.26 Å². The highest BCUT2D eigenvalue weighted by molar-refractivity contribution is 6.00. The molecule has 0 bridgehead atoms. The van der Waals surface area contributed by atoms with Crippen LogP contribution in [0.25, 0.3) is 11.2 Å². The smallest absolute Gasteiger partial charge is 0.332 e. The number of nitriles is 1. The number of Topliss-reactive ketones (excluding diaryl/α,β-unsaturated/α-hetero) is 1. The number of hydrogen-bond donors (Lipinski definition) is 2. The molecule has 0 amide bonds. The lowest BCUT2D eigenvalue weighted by molar-refractivity contribution is 0.0968. The van der Waals surface area contributed by atoms with Crippen molar-refractivity contribution in [2.45, 2.75) is 52.7 Å². The number of aryl methyl sites for hydroxylation is 2. The van der Waals surface area contributed by atoms with Gasteiger partial charge in [0.15, 0.2) is 16.9 Å². The van der Waals surface area contributed by atoms with E-state index in [4.69, 9.17) is 16.5 Å². The number of nitrogen functional groups attached to an aromatic ring is 1. The standard InChI is InChI=1S/C26H32N8O3/c1-15(2)9-11-33-22-23(30-25(33)32-10-5-6-17(28)13-32)31(4)26(37)34(24(22)36)14-20(35)18-8-7-16(3)21(29)19(18)12-27/h7-9,17H,5-6,10-11,13-14,28-29H2,1-4H3. The average Bonchev–Trinajstić information content (AvgIpc) is 3.25. The fourth-order valence-corrected chi connectivity index (χ4v) is 4.68. The van der Waals surface area contributed by atoms with Crippen LogP contribution in [0.15, 0.2) is 33.4 Å². The number of piperidine rings is 1. The number of carbonyl (C=O) groups is 1. The lowest BCUT2D eigenvalue weighted by Gasteiger charge is -2.31. The van der Waals surface area contributed by atoms with Crippen LogP contribution >= 0.6 is 0 Å². The minimum Gasteiger partial charge on any atom is -0.397 e. The fraction of sp³-hybridized carbons (Fsp3) is 0.423. The maximum absolute atomic E-state index is 13.8. The highest BCUT2D eigenvalue weighted by Crippen LogP contribution is 2.24. The second kappa shape index (κ2) is 10.1. The molecule has 1 fully saturated rings. The van der Waals surface area contributed by atoms with Gasteiger partial charge in [-0.3, -0.25) is 18.7 Å². The molecule has 1 unspecified atom stereocenters. The summed E-state index contributed by atoms with van der Waals surface area (Å²) in [5.41, 5.74) is 13.4. The fourth-order valence-electron chi connectivity index (χ4n) is 4.68. The van der Waals surface area contributed by atoms with E-state index in [1.807, 2.05) is 30.9 Å². The van der Waals surface area contributed by atoms with E-state index < -0.39 is 23.6 Å². The predicted octanol–water partition coefficient (Wildman–Crippen LogP) is 1.44. The monoisotopic (exact) mass is 504 g/mol. The lowest BCUT2D eigenvalue weighted by atomic mass is 9.99. The number of fused-ring (bicyclic) bond motifs is 1. The number of carbonyl (C=O) groups excluding carboxylic acids is 1. The van der Waals surface area contributed by atoms with Crippen LogP contribution in [0.2, 0.25) is 0 Å². The largest absolute Gasteiger partial charge is 0.397 e. The van der Waals surface area contributed by atoms with Gasteiger partial charge in [-0.1, -0.05) is 17.7 Å². The zero-order valence-electron chi connectivity index (χ0n) is 21.6. The molecule has 1 atom stereocenters. The van der Waals surface area contributed by atoms with Crippen molar-refractivity contribution in [1.82, 2.24) is 18.7 Å². The summed E-state index contributed by atoms with van der Waals surface area (Å²) in [7, 11) is 1.53. The van der Waals surface area contributed by atoms with Gasteiger partial charge < -0.3 is 20.9 Å². The number of anilines is 2. The third kappa shape index (κ3) is 4.68. The zero-order valence-corrected chi connectivity index (χ0v) is 21.6. The summed E-state index contributed by atoms with van der Waals surface area (Å²) in [6, 6.07) is 5.09. The minimum absolute atomic E-state index is 0.0140. The second-order valence-corrected chi connectivity index (χ2v) is 9.81. The van der Waals surface area contributed by atoms with Gasteiger partial charge >= 0.3 is 5.69 Å². The number of ketones is 1. The van der Waals surface area contributed by atoms with Gasteiger partial charge in [-0.15, -0.1) is 0 Å². The Balaban J connectivity index is 1.89. The summed E-state index contributed by atoms with van der Waals surface area (Å²) >= 11 is 0. The minimum atomic E-state index is -0.668. The molecular weight excluding hydrogens is 472 g/mol. The van der Waals surface area contributed by atoms with Crippen LogP contribution in [0.4, 0.5) is 11.6 Å². The van der Waals surface area contributed by atoms with Crippen LogP contribution in [0.3, 0.4) is 0 Å². The van der Waals surface area contributed by atoms with Crippen LogP contribution in [0, 0.1) is 18.3 Å². The highest BCUT2D eigenvalue weighted by Gasteiger charge is 2.27. The summed E-state index contributed by atoms with van der Waals surface area (Å²) in [6.45, 7) is 6.82. The van der Waals surface area contributed by atoms with Crippen LogP contribution in [0.1, 0.15) is 48.2 Å². The molecule has 1 aliphatic rings. The Morgan fingerprint density at radius 2 is 2.00 bits per heavy atom. The molecule has 0 spiro atoms. The topological polar surface area (TPSA) is 158 Å². The van der Waals surface area contributed by atoms with Crippen molar-refractivity contribution in [3.63, 3.8) is 0 Å². The van der Waals surface area contributed by atoms with Gasteiger partial charge in [-0.25, -0.2) is 4.79 Å². The number of nitrogens with zero attached hydrogens (tertiary/aromatic N) is 6. The molecule has 3 heterocycles. The molecule has 0 saturated carbocycles. The first-order valence-electron chi connectivity index (χ1n) is 12.2. The zero-order chi connectivity index (χ0) is 27.0. The SMILES string of the molecule is CC(C)=CCn1c(N2CCCC(N)C2)nc2c1c(=O)n(CC(=O)c1ccc(C)c(N)c1C#N)c(=O)n2C. The summed E-state index contributed by atoms with van der Waals surface area (Å²) < 4.78 is 3.97. The van der Waals surface area contributed by atoms with Crippen molar-refractivity contribution in [2.24, 2.45) is 12.8 Å². The Kier molecular flexibility index (Phi) is 7.05. The number of rotatable bonds is 6. The summed E-state index contributed by atoms with van der Waals surface area (Å²) in [5, 5.41) is 9.57. The molecule has 1 aromatic carbocycles. The van der Waals surface area contributed by atoms with Gasteiger partial charge in [0.05, 0.1) is 17.8 Å². The van der Waals surface area contributed by atoms with Crippen LogP contribution < -0.4 is 27.6 Å². The molecule has 4 N–H and O–H groups in total. The van der Waals surface area contributed by atoms with E-state index >= 15 is 0 Å². The molecule has 4 rings (SSSR count). The molecule has 194 valence electrons. The van der Waals surface area contributed by atoms with E-state index in [2.05, 4.69) is 0 Å². The average molecular weight is 505 g/mol. The number of imidazole rings is 1. The first-order chi connectivity index (χ1) is 17.5. The van der Waals surface area contributed by atoms with E-state index in [-0.39, 0.29) is 34.0 Å². The highest BCUT2D eigenvalue weighted by atomic mass is 16.2. The molecule has 1 aliphatic heterocycles. The van der Waals surface area contributed by atoms with E-state index in [1.54, 1.807) is 17.6 Å². The number of aromatic nitrogens is 4. The van der Waals surface area contributed by atoms with Crippen LogP contribution in [0.5, 0.6) is 0 Å². The van der Waals surface area contributed by atoms with Gasteiger partial charge in [-0.05, 0) is 45.2 Å². The molecule has 11 heteroatoms. The van der Waals surface area contributed by atoms with Gasteiger partial charge in [0.25, 0.3) is 5.56 Å². The lowest BCUT2D eigenvalue weighted by Crippen LogP contribution is -2.44. The van der Waals surface area contributed by atoms with Gasteiger partial charge in [0.2, 0.25) is 5.95 Å². The molecule has 1 saturated heterocycles. The van der Waals surface area contributed by atoms with Gasteiger partial charge in [-0.2, -0.15) is 10.2 Å². The van der Waals surface area contributed by atoms with Crippen molar-refractivity contribution < 1.29 is 4.79 Å². The quantitative estimate of drug-likeness (QED) is 0.290. The third-order valence-corrected chi connectivity index (χ3v) is 6.81. The van der Waals surface area contributed by atoms with Gasteiger partial charge in [0.1, 0.15) is 6.07 Å². The number of nitrogens with two attached hydrogens (primary N) is 2. The van der Waals surface area contributed by atoms with Crippen molar-refractivity contribution in [3.05, 3.63) is 61.3 Å². The maximum Gasteiger partial charge on any atom is 0.332 e. The number of allylic oxidation sites excluding steroid dienone is 2. The summed E-state index contributed by atoms with van der Waals surface area (Å²) in [5.74, 6) is 0.0105. The Labute approximate surface area is 214 Å². The Morgan fingerprint density at radius 3 is 2.65 bits per heavy atom. The maximum atomic E-state index is 13.8. The van der Waals surface area contributed by atoms with E-state index in [1.165, 1.54) is 17.7 Å². The first kappa shape index (κ1) is 25.9. The van der Waals surface area contributed by atoms with Crippen molar-refractivity contribution in [2.75, 3.05) is 23.7 Å². The summed E-state index contributed by atoms with van der Waals surface area (Å²) in [6.07, 6.45) is 3.78.